The van der Waals surface area contributed by atoms with E-state index in [0.717, 1.165) is 44.9 Å². The molecule has 0 amide bonds. The highest BCUT2D eigenvalue weighted by Crippen LogP contribution is 2.27. The molecule has 0 bridgehead atoms. The summed E-state index contributed by atoms with van der Waals surface area (Å²) in [5.41, 5.74) is 0. The van der Waals surface area contributed by atoms with Crippen LogP contribution in [0.15, 0.2) is 29.9 Å². The fourth-order valence-electron chi connectivity index (χ4n) is 3.34. The molecule has 2 aromatic heterocycles. The second-order valence-electron chi connectivity index (χ2n) is 6.59. The number of thiazole rings is 1. The molecular formula is C18H29IN6S. The summed E-state index contributed by atoms with van der Waals surface area (Å²) >= 11 is 1.81. The van der Waals surface area contributed by atoms with E-state index in [1.165, 1.54) is 9.88 Å². The van der Waals surface area contributed by atoms with Gasteiger partial charge in [-0.3, -0.25) is 4.99 Å². The zero-order valence-corrected chi connectivity index (χ0v) is 18.9. The number of rotatable bonds is 5. The average Bonchev–Trinajstić information content (AvgIpc) is 3.31. The predicted molar refractivity (Wildman–Crippen MR) is 119 cm³/mol. The van der Waals surface area contributed by atoms with Crippen molar-refractivity contribution in [2.75, 3.05) is 26.7 Å². The minimum absolute atomic E-state index is 0. The van der Waals surface area contributed by atoms with Crippen LogP contribution in [0.3, 0.4) is 0 Å². The summed E-state index contributed by atoms with van der Waals surface area (Å²) in [5, 5.41) is 4.71. The monoisotopic (exact) mass is 488 g/mol. The van der Waals surface area contributed by atoms with Crippen LogP contribution in [0.5, 0.6) is 0 Å². The van der Waals surface area contributed by atoms with Crippen LogP contribution in [0.2, 0.25) is 0 Å². The lowest BCUT2D eigenvalue weighted by Gasteiger charge is -2.39. The lowest BCUT2D eigenvalue weighted by molar-refractivity contribution is 0.189. The molecular weight excluding hydrogens is 459 g/mol. The molecule has 3 heterocycles. The van der Waals surface area contributed by atoms with Gasteiger partial charge in [-0.25, -0.2) is 9.97 Å². The van der Waals surface area contributed by atoms with Crippen molar-refractivity contribution in [2.45, 2.75) is 39.2 Å². The van der Waals surface area contributed by atoms with Gasteiger partial charge in [-0.05, 0) is 18.8 Å². The van der Waals surface area contributed by atoms with Gasteiger partial charge in [-0.2, -0.15) is 0 Å². The Bertz CT molecular complexity index is 684. The summed E-state index contributed by atoms with van der Waals surface area (Å²) in [6.45, 7) is 7.38. The quantitative estimate of drug-likeness (QED) is 0.399. The number of aromatic nitrogens is 3. The van der Waals surface area contributed by atoms with Crippen LogP contribution in [0.1, 0.15) is 36.2 Å². The van der Waals surface area contributed by atoms with Crippen LogP contribution >= 0.6 is 35.3 Å². The highest BCUT2D eigenvalue weighted by atomic mass is 127. The zero-order valence-electron chi connectivity index (χ0n) is 15.8. The molecule has 26 heavy (non-hydrogen) atoms. The molecule has 6 nitrogen and oxygen atoms in total. The van der Waals surface area contributed by atoms with E-state index in [-0.39, 0.29) is 24.0 Å². The van der Waals surface area contributed by atoms with Crippen molar-refractivity contribution < 1.29 is 0 Å². The predicted octanol–water partition coefficient (Wildman–Crippen LogP) is 3.22. The highest BCUT2D eigenvalue weighted by Gasteiger charge is 2.28. The SMILES string of the molecule is CCc1cnc(CCNC(=NC)N2CCC(C)C(n3ccnc3)C2)s1.I. The van der Waals surface area contributed by atoms with Gasteiger partial charge in [-0.1, -0.05) is 13.8 Å². The normalized spacial score (nSPS) is 20.7. The molecule has 2 aromatic rings. The van der Waals surface area contributed by atoms with Gasteiger partial charge in [0, 0.05) is 56.6 Å². The first-order valence-corrected chi connectivity index (χ1v) is 9.89. The van der Waals surface area contributed by atoms with E-state index in [1.807, 2.05) is 37.1 Å². The minimum atomic E-state index is 0. The first-order chi connectivity index (χ1) is 12.2. The average molecular weight is 488 g/mol. The summed E-state index contributed by atoms with van der Waals surface area (Å²) < 4.78 is 2.23. The molecule has 0 saturated carbocycles. The standard InChI is InChI=1S/C18H28N6S.HI/c1-4-15-11-22-17(25-15)5-7-21-18(19-3)23-9-6-14(2)16(12-23)24-10-8-20-13-24;/h8,10-11,13-14,16H,4-7,9,12H2,1-3H3,(H,19,21);1H. The minimum Gasteiger partial charge on any atom is -0.356 e. The van der Waals surface area contributed by atoms with Crippen molar-refractivity contribution in [1.82, 2.24) is 24.8 Å². The highest BCUT2D eigenvalue weighted by molar-refractivity contribution is 14.0. The molecule has 144 valence electrons. The molecule has 0 aromatic carbocycles. The Hall–Kier alpha value is -1.16. The second-order valence-corrected chi connectivity index (χ2v) is 7.79. The van der Waals surface area contributed by atoms with E-state index < -0.39 is 0 Å². The van der Waals surface area contributed by atoms with Gasteiger partial charge >= 0.3 is 0 Å². The number of guanidine groups is 1. The van der Waals surface area contributed by atoms with Gasteiger partial charge in [-0.15, -0.1) is 35.3 Å². The van der Waals surface area contributed by atoms with Crippen molar-refractivity contribution in [3.05, 3.63) is 34.8 Å². The van der Waals surface area contributed by atoms with E-state index in [1.54, 1.807) is 0 Å². The Labute approximate surface area is 177 Å². The van der Waals surface area contributed by atoms with Crippen molar-refractivity contribution in [1.29, 1.82) is 0 Å². The molecule has 1 fully saturated rings. The molecule has 3 rings (SSSR count). The molecule has 1 aliphatic rings. The van der Waals surface area contributed by atoms with Crippen LogP contribution in [-0.2, 0) is 12.8 Å². The number of imidazole rings is 1. The molecule has 1 N–H and O–H groups in total. The van der Waals surface area contributed by atoms with Crippen molar-refractivity contribution in [3.63, 3.8) is 0 Å². The third kappa shape index (κ3) is 5.18. The van der Waals surface area contributed by atoms with Crippen LogP contribution in [-0.4, -0.2) is 52.1 Å². The van der Waals surface area contributed by atoms with Gasteiger partial charge in [0.25, 0.3) is 0 Å². The summed E-state index contributed by atoms with van der Waals surface area (Å²) in [6, 6.07) is 0.445. The number of nitrogens with one attached hydrogen (secondary N) is 1. The van der Waals surface area contributed by atoms with E-state index in [4.69, 9.17) is 0 Å². The van der Waals surface area contributed by atoms with Gasteiger partial charge in [0.2, 0.25) is 0 Å². The first-order valence-electron chi connectivity index (χ1n) is 9.07. The van der Waals surface area contributed by atoms with Crippen molar-refractivity contribution >= 4 is 41.3 Å². The zero-order chi connectivity index (χ0) is 17.6. The smallest absolute Gasteiger partial charge is 0.193 e. The molecule has 0 radical (unpaired) electrons. The maximum Gasteiger partial charge on any atom is 0.193 e. The van der Waals surface area contributed by atoms with E-state index >= 15 is 0 Å². The van der Waals surface area contributed by atoms with Crippen LogP contribution in [0.25, 0.3) is 0 Å². The number of likely N-dealkylation sites (tertiary alicyclic amines) is 1. The molecule has 0 aliphatic carbocycles. The Morgan fingerprint density at radius 2 is 2.31 bits per heavy atom. The molecule has 2 atom stereocenters. The Morgan fingerprint density at radius 1 is 1.46 bits per heavy atom. The van der Waals surface area contributed by atoms with Crippen LogP contribution < -0.4 is 5.32 Å². The first kappa shape index (κ1) is 21.1. The van der Waals surface area contributed by atoms with Crippen molar-refractivity contribution in [3.8, 4) is 0 Å². The Balaban J connectivity index is 0.00000243. The summed E-state index contributed by atoms with van der Waals surface area (Å²) in [4.78, 5) is 16.9. The number of hydrogen-bond acceptors (Lipinski definition) is 4. The fraction of sp³-hybridized carbons (Fsp3) is 0.611. The number of aryl methyl sites for hydroxylation is 1. The number of hydrogen-bond donors (Lipinski definition) is 1. The van der Waals surface area contributed by atoms with Gasteiger partial charge in [0.15, 0.2) is 5.96 Å². The van der Waals surface area contributed by atoms with Gasteiger partial charge in [0.05, 0.1) is 17.4 Å². The Morgan fingerprint density at radius 3 is 2.96 bits per heavy atom. The summed E-state index contributed by atoms with van der Waals surface area (Å²) in [5.74, 6) is 1.63. The molecule has 1 saturated heterocycles. The van der Waals surface area contributed by atoms with E-state index in [0.29, 0.717) is 12.0 Å². The lowest BCUT2D eigenvalue weighted by Crippen LogP contribution is -2.49. The fourth-order valence-corrected chi connectivity index (χ4v) is 4.20. The number of nitrogens with zero attached hydrogens (tertiary/aromatic N) is 5. The maximum atomic E-state index is 4.49. The largest absolute Gasteiger partial charge is 0.356 e. The maximum absolute atomic E-state index is 4.49. The molecule has 8 heteroatoms. The Kier molecular flexibility index (Phi) is 8.33. The lowest BCUT2D eigenvalue weighted by atomic mass is 9.93. The number of halogens is 1. The van der Waals surface area contributed by atoms with E-state index in [2.05, 4.69) is 49.8 Å². The van der Waals surface area contributed by atoms with Gasteiger partial charge in [0.1, 0.15) is 0 Å². The van der Waals surface area contributed by atoms with Crippen molar-refractivity contribution in [2.24, 2.45) is 10.9 Å². The second kappa shape index (κ2) is 10.2. The number of aliphatic imine (C=N–C) groups is 1. The summed E-state index contributed by atoms with van der Waals surface area (Å²) in [6.07, 6.45) is 11.0. The van der Waals surface area contributed by atoms with Gasteiger partial charge < -0.3 is 14.8 Å². The van der Waals surface area contributed by atoms with Crippen LogP contribution in [0.4, 0.5) is 0 Å². The van der Waals surface area contributed by atoms with Crippen LogP contribution in [0, 0.1) is 5.92 Å². The summed E-state index contributed by atoms with van der Waals surface area (Å²) in [7, 11) is 1.87. The number of piperidine rings is 1. The third-order valence-corrected chi connectivity index (χ3v) is 6.11. The topological polar surface area (TPSA) is 58.3 Å². The molecule has 0 spiro atoms. The van der Waals surface area contributed by atoms with E-state index in [9.17, 15) is 0 Å². The molecule has 1 aliphatic heterocycles. The third-order valence-electron chi connectivity index (χ3n) is 4.91. The molecule has 2 unspecified atom stereocenters.